The van der Waals surface area contributed by atoms with Gasteiger partial charge in [-0.1, -0.05) is 43.2 Å². The minimum absolute atomic E-state index is 0.0236. The number of aliphatic carboxylic acids is 1. The van der Waals surface area contributed by atoms with Crippen molar-refractivity contribution in [2.45, 2.75) is 38.5 Å². The van der Waals surface area contributed by atoms with E-state index in [4.69, 9.17) is 0 Å². The van der Waals surface area contributed by atoms with Crippen LogP contribution in [0.15, 0.2) is 30.3 Å². The first-order chi connectivity index (χ1) is 11.1. The molecule has 3 atom stereocenters. The van der Waals surface area contributed by atoms with E-state index in [2.05, 4.69) is 0 Å². The molecule has 124 valence electrons. The van der Waals surface area contributed by atoms with Crippen molar-refractivity contribution in [2.24, 2.45) is 17.8 Å². The van der Waals surface area contributed by atoms with Crippen molar-refractivity contribution in [3.05, 3.63) is 35.9 Å². The zero-order valence-electron chi connectivity index (χ0n) is 13.4. The molecule has 1 aromatic rings. The first-order valence-corrected chi connectivity index (χ1v) is 8.66. The third-order valence-electron chi connectivity index (χ3n) is 5.41. The lowest BCUT2D eigenvalue weighted by Gasteiger charge is -2.22. The predicted octanol–water partition coefficient (Wildman–Crippen LogP) is 1.63. The minimum atomic E-state index is -1.13. The molecule has 1 aliphatic carbocycles. The molecule has 1 aromatic carbocycles. The normalized spacial score (nSPS) is 25.0. The summed E-state index contributed by atoms with van der Waals surface area (Å²) >= 11 is 0. The molecule has 0 aromatic heterocycles. The van der Waals surface area contributed by atoms with E-state index in [0.717, 1.165) is 18.7 Å². The van der Waals surface area contributed by atoms with Gasteiger partial charge in [0.05, 0.1) is 0 Å². The Bertz CT molecular complexity index is 543. The Balaban J connectivity index is 1.59. The summed E-state index contributed by atoms with van der Waals surface area (Å²) in [6.45, 7) is 1.63. The Hall–Kier alpha value is -1.84. The maximum absolute atomic E-state index is 12.5. The second-order valence-electron chi connectivity index (χ2n) is 7.01. The number of fused-ring (bicyclic) bond motifs is 1. The van der Waals surface area contributed by atoms with Gasteiger partial charge in [-0.25, -0.2) is 0 Å². The van der Waals surface area contributed by atoms with Gasteiger partial charge in [-0.3, -0.25) is 4.79 Å². The van der Waals surface area contributed by atoms with Crippen LogP contribution in [-0.4, -0.2) is 29.9 Å². The van der Waals surface area contributed by atoms with Crippen molar-refractivity contribution in [3.63, 3.8) is 0 Å². The molecule has 1 saturated heterocycles. The fourth-order valence-electron chi connectivity index (χ4n) is 4.09. The highest BCUT2D eigenvalue weighted by molar-refractivity contribution is 5.82. The van der Waals surface area contributed by atoms with E-state index >= 15 is 0 Å². The van der Waals surface area contributed by atoms with E-state index in [9.17, 15) is 14.7 Å². The molecule has 1 saturated carbocycles. The monoisotopic (exact) mass is 314 g/mol. The largest absolute Gasteiger partial charge is 0.550 e. The summed E-state index contributed by atoms with van der Waals surface area (Å²) in [5.74, 6) is -0.637. The van der Waals surface area contributed by atoms with E-state index in [-0.39, 0.29) is 12.3 Å². The Morgan fingerprint density at radius 3 is 2.26 bits per heavy atom. The van der Waals surface area contributed by atoms with Crippen molar-refractivity contribution >= 4 is 11.9 Å². The number of benzene rings is 1. The smallest absolute Gasteiger partial charge is 0.223 e. The SMILES string of the molecule is O=C([O-])[C@@H](CC(=O)N1C[C@@H]2CCCC[C@H]2C1)Cc1ccccc1. The van der Waals surface area contributed by atoms with Gasteiger partial charge in [-0.15, -0.1) is 0 Å². The second kappa shape index (κ2) is 7.16. The van der Waals surface area contributed by atoms with Gasteiger partial charge >= 0.3 is 0 Å². The summed E-state index contributed by atoms with van der Waals surface area (Å²) in [6, 6.07) is 9.45. The molecule has 1 aliphatic heterocycles. The Kier molecular flexibility index (Phi) is 4.99. The number of carbonyl (C=O) groups excluding carboxylic acids is 2. The van der Waals surface area contributed by atoms with Crippen molar-refractivity contribution in [3.8, 4) is 0 Å². The van der Waals surface area contributed by atoms with Gasteiger partial charge in [-0.2, -0.15) is 0 Å². The van der Waals surface area contributed by atoms with Crippen LogP contribution in [0.2, 0.25) is 0 Å². The van der Waals surface area contributed by atoms with E-state index in [1.165, 1.54) is 25.7 Å². The zero-order chi connectivity index (χ0) is 16.2. The highest BCUT2D eigenvalue weighted by atomic mass is 16.4. The van der Waals surface area contributed by atoms with Gasteiger partial charge in [0.15, 0.2) is 0 Å². The number of nitrogens with zero attached hydrogens (tertiary/aromatic N) is 1. The molecule has 23 heavy (non-hydrogen) atoms. The molecule has 1 amide bonds. The van der Waals surface area contributed by atoms with Crippen LogP contribution < -0.4 is 5.11 Å². The molecule has 4 heteroatoms. The highest BCUT2D eigenvalue weighted by Gasteiger charge is 2.36. The molecule has 2 aliphatic rings. The van der Waals surface area contributed by atoms with Crippen LogP contribution in [-0.2, 0) is 16.0 Å². The molecule has 0 spiro atoms. The molecule has 4 nitrogen and oxygen atoms in total. The maximum atomic E-state index is 12.5. The quantitative estimate of drug-likeness (QED) is 0.830. The number of rotatable bonds is 5. The van der Waals surface area contributed by atoms with E-state index < -0.39 is 11.9 Å². The zero-order valence-corrected chi connectivity index (χ0v) is 13.4. The van der Waals surface area contributed by atoms with E-state index in [1.54, 1.807) is 0 Å². The van der Waals surface area contributed by atoms with Crippen LogP contribution in [0.5, 0.6) is 0 Å². The van der Waals surface area contributed by atoms with Crippen molar-refractivity contribution in [2.75, 3.05) is 13.1 Å². The van der Waals surface area contributed by atoms with Crippen molar-refractivity contribution in [1.82, 2.24) is 4.90 Å². The fraction of sp³-hybridized carbons (Fsp3) is 0.579. The van der Waals surface area contributed by atoms with Gasteiger partial charge in [-0.05, 0) is 36.7 Å². The van der Waals surface area contributed by atoms with Gasteiger partial charge < -0.3 is 14.8 Å². The third kappa shape index (κ3) is 3.92. The van der Waals surface area contributed by atoms with Crippen LogP contribution in [0.1, 0.15) is 37.7 Å². The molecule has 1 heterocycles. The third-order valence-corrected chi connectivity index (χ3v) is 5.41. The van der Waals surface area contributed by atoms with Crippen LogP contribution in [0.25, 0.3) is 0 Å². The lowest BCUT2D eigenvalue weighted by molar-refractivity contribution is -0.311. The van der Waals surface area contributed by atoms with Crippen LogP contribution >= 0.6 is 0 Å². The first-order valence-electron chi connectivity index (χ1n) is 8.66. The Morgan fingerprint density at radius 2 is 1.70 bits per heavy atom. The lowest BCUT2D eigenvalue weighted by Crippen LogP contribution is -2.38. The van der Waals surface area contributed by atoms with Gasteiger partial charge in [0.25, 0.3) is 0 Å². The highest BCUT2D eigenvalue weighted by Crippen LogP contribution is 2.36. The molecule has 0 radical (unpaired) electrons. The van der Waals surface area contributed by atoms with Crippen LogP contribution in [0.3, 0.4) is 0 Å². The lowest BCUT2D eigenvalue weighted by atomic mass is 9.82. The van der Waals surface area contributed by atoms with Crippen molar-refractivity contribution in [1.29, 1.82) is 0 Å². The molecule has 3 rings (SSSR count). The summed E-state index contributed by atoms with van der Waals surface area (Å²) < 4.78 is 0. The van der Waals surface area contributed by atoms with E-state index in [1.807, 2.05) is 35.2 Å². The number of amides is 1. The number of carboxylic acids is 1. The summed E-state index contributed by atoms with van der Waals surface area (Å²) in [4.78, 5) is 25.8. The molecule has 0 N–H and O–H groups in total. The first kappa shape index (κ1) is 16.0. The minimum Gasteiger partial charge on any atom is -0.550 e. The van der Waals surface area contributed by atoms with Crippen LogP contribution in [0.4, 0.5) is 0 Å². The molecule has 0 unspecified atom stereocenters. The molecule has 0 bridgehead atoms. The fourth-order valence-corrected chi connectivity index (χ4v) is 4.09. The van der Waals surface area contributed by atoms with E-state index in [0.29, 0.717) is 18.3 Å². The predicted molar refractivity (Wildman–Crippen MR) is 85.3 cm³/mol. The Labute approximate surface area is 137 Å². The average molecular weight is 314 g/mol. The summed E-state index contributed by atoms with van der Waals surface area (Å²) in [5.41, 5.74) is 0.935. The standard InChI is InChI=1S/C19H25NO3/c21-18(20-12-15-8-4-5-9-16(15)13-20)11-17(19(22)23)10-14-6-2-1-3-7-14/h1-3,6-7,15-17H,4-5,8-13H2,(H,22,23)/p-1/t15-,16-,17+/m0/s1. The molecule has 2 fully saturated rings. The molecular formula is C19H24NO3-. The van der Waals surface area contributed by atoms with Gasteiger partial charge in [0, 0.05) is 31.4 Å². The number of carbonyl (C=O) groups is 2. The number of likely N-dealkylation sites (tertiary alicyclic amines) is 1. The second-order valence-corrected chi connectivity index (χ2v) is 7.01. The topological polar surface area (TPSA) is 60.4 Å². The Morgan fingerprint density at radius 1 is 1.09 bits per heavy atom. The average Bonchev–Trinajstić information content (AvgIpc) is 2.99. The maximum Gasteiger partial charge on any atom is 0.223 e. The van der Waals surface area contributed by atoms with Gasteiger partial charge in [0.1, 0.15) is 0 Å². The number of hydrogen-bond donors (Lipinski definition) is 0. The number of hydrogen-bond acceptors (Lipinski definition) is 3. The van der Waals surface area contributed by atoms with Gasteiger partial charge in [0.2, 0.25) is 5.91 Å². The van der Waals surface area contributed by atoms with Crippen LogP contribution in [0, 0.1) is 17.8 Å². The number of carboxylic acid groups (broad SMARTS) is 1. The summed E-state index contributed by atoms with van der Waals surface area (Å²) in [5, 5.41) is 11.4. The van der Waals surface area contributed by atoms with Crippen molar-refractivity contribution < 1.29 is 14.7 Å². The summed E-state index contributed by atoms with van der Waals surface area (Å²) in [6.07, 6.45) is 5.36. The molecular weight excluding hydrogens is 290 g/mol. The summed E-state index contributed by atoms with van der Waals surface area (Å²) in [7, 11) is 0.